The summed E-state index contributed by atoms with van der Waals surface area (Å²) in [6, 6.07) is 6.16. The summed E-state index contributed by atoms with van der Waals surface area (Å²) in [5.74, 6) is 0.363. The quantitative estimate of drug-likeness (QED) is 0.757. The first-order chi connectivity index (χ1) is 6.93. The maximum Gasteiger partial charge on any atom is 0.144 e. The molecule has 0 aliphatic rings. The van der Waals surface area contributed by atoms with Gasteiger partial charge in [0.2, 0.25) is 0 Å². The topological polar surface area (TPSA) is 17.1 Å². The van der Waals surface area contributed by atoms with Crippen LogP contribution in [0.1, 0.15) is 30.9 Å². The van der Waals surface area contributed by atoms with Crippen molar-refractivity contribution in [1.82, 2.24) is 0 Å². The molecule has 0 aliphatic carbocycles. The molecule has 0 heterocycles. The fourth-order valence-electron chi connectivity index (χ4n) is 1.61. The summed E-state index contributed by atoms with van der Waals surface area (Å²) in [5, 5.41) is 0. The average Bonchev–Trinajstić information content (AvgIpc) is 2.19. The number of hydrogen-bond donors (Lipinski definition) is 0. The number of Topliss-reactive ketones (excluding diaryl/α,β-unsaturated/α-hetero) is 1. The number of carbonyl (C=O) groups excluding carboxylic acids is 1. The van der Waals surface area contributed by atoms with Crippen molar-refractivity contribution in [1.29, 1.82) is 0 Å². The lowest BCUT2D eigenvalue weighted by molar-refractivity contribution is -0.116. The van der Waals surface area contributed by atoms with Crippen molar-refractivity contribution in [2.24, 2.45) is 0 Å². The van der Waals surface area contributed by atoms with Crippen molar-refractivity contribution in [2.45, 2.75) is 31.5 Å². The summed E-state index contributed by atoms with van der Waals surface area (Å²) in [6.07, 6.45) is 0. The zero-order chi connectivity index (χ0) is 11.6. The van der Waals surface area contributed by atoms with E-state index in [1.807, 2.05) is 6.07 Å². The number of carbonyl (C=O) groups is 1. The molecule has 2 unspecified atom stereocenters. The Hall–Kier alpha value is -0.150. The molecule has 3 heteroatoms. The van der Waals surface area contributed by atoms with E-state index in [1.54, 1.807) is 6.92 Å². The van der Waals surface area contributed by atoms with E-state index in [1.165, 1.54) is 11.1 Å². The van der Waals surface area contributed by atoms with Crippen molar-refractivity contribution in [3.05, 3.63) is 33.8 Å². The van der Waals surface area contributed by atoms with Crippen LogP contribution in [0.2, 0.25) is 0 Å². The fourth-order valence-corrected chi connectivity index (χ4v) is 2.28. The number of rotatable bonds is 3. The molecule has 0 fully saturated rings. The lowest BCUT2D eigenvalue weighted by Crippen LogP contribution is -2.18. The Morgan fingerprint density at radius 2 is 2.00 bits per heavy atom. The molecule has 0 N–H and O–H groups in total. The molecule has 0 saturated carbocycles. The van der Waals surface area contributed by atoms with Crippen LogP contribution in [0.3, 0.4) is 0 Å². The molecular formula is C12H14Br2O. The molecule has 0 spiro atoms. The second kappa shape index (κ2) is 5.26. The molecule has 0 radical (unpaired) electrons. The van der Waals surface area contributed by atoms with E-state index in [2.05, 4.69) is 57.8 Å². The standard InChI is InChI=1S/C12H14Br2O/c1-7-4-5-10(13)6-11(7)8(2)12(14)9(3)15/h4-6,8,12H,1-3H3. The third-order valence-electron chi connectivity index (χ3n) is 2.56. The fraction of sp³-hybridized carbons (Fsp3) is 0.417. The summed E-state index contributed by atoms with van der Waals surface area (Å²) in [4.78, 5) is 11.2. The van der Waals surface area contributed by atoms with E-state index in [9.17, 15) is 4.79 Å². The summed E-state index contributed by atoms with van der Waals surface area (Å²) in [7, 11) is 0. The summed E-state index contributed by atoms with van der Waals surface area (Å²) >= 11 is 6.89. The van der Waals surface area contributed by atoms with Crippen molar-refractivity contribution in [2.75, 3.05) is 0 Å². The van der Waals surface area contributed by atoms with Gasteiger partial charge >= 0.3 is 0 Å². The third kappa shape index (κ3) is 3.15. The lowest BCUT2D eigenvalue weighted by Gasteiger charge is -2.18. The zero-order valence-corrected chi connectivity index (χ0v) is 12.2. The van der Waals surface area contributed by atoms with Crippen LogP contribution < -0.4 is 0 Å². The minimum atomic E-state index is -0.106. The molecule has 1 aromatic carbocycles. The van der Waals surface area contributed by atoms with Crippen LogP contribution in [0.25, 0.3) is 0 Å². The molecule has 1 rings (SSSR count). The van der Waals surface area contributed by atoms with Crippen LogP contribution in [-0.2, 0) is 4.79 Å². The molecule has 0 bridgehead atoms. The largest absolute Gasteiger partial charge is 0.299 e. The van der Waals surface area contributed by atoms with E-state index in [0.29, 0.717) is 0 Å². The molecule has 0 amide bonds. The summed E-state index contributed by atoms with van der Waals surface area (Å²) in [5.41, 5.74) is 2.43. The Balaban J connectivity index is 3.04. The highest BCUT2D eigenvalue weighted by atomic mass is 79.9. The first-order valence-electron chi connectivity index (χ1n) is 4.84. The van der Waals surface area contributed by atoms with Crippen LogP contribution >= 0.6 is 31.9 Å². The predicted molar refractivity (Wildman–Crippen MR) is 70.7 cm³/mol. The Bertz CT molecular complexity index is 374. The second-order valence-corrected chi connectivity index (χ2v) is 5.70. The van der Waals surface area contributed by atoms with Gasteiger partial charge in [-0.2, -0.15) is 0 Å². The molecule has 0 saturated heterocycles. The van der Waals surface area contributed by atoms with Crippen LogP contribution in [0.15, 0.2) is 22.7 Å². The molecular weight excluding hydrogens is 320 g/mol. The van der Waals surface area contributed by atoms with Gasteiger partial charge in [0, 0.05) is 10.4 Å². The molecule has 15 heavy (non-hydrogen) atoms. The van der Waals surface area contributed by atoms with E-state index in [4.69, 9.17) is 0 Å². The van der Waals surface area contributed by atoms with Gasteiger partial charge in [0.1, 0.15) is 5.78 Å². The molecule has 1 nitrogen and oxygen atoms in total. The maximum atomic E-state index is 11.3. The van der Waals surface area contributed by atoms with Crippen molar-refractivity contribution in [3.8, 4) is 0 Å². The van der Waals surface area contributed by atoms with Gasteiger partial charge in [0.05, 0.1) is 4.83 Å². The van der Waals surface area contributed by atoms with Gasteiger partial charge in [-0.3, -0.25) is 4.79 Å². The highest BCUT2D eigenvalue weighted by Crippen LogP contribution is 2.29. The molecule has 82 valence electrons. The number of benzene rings is 1. The molecule has 2 atom stereocenters. The molecule has 0 aliphatic heterocycles. The lowest BCUT2D eigenvalue weighted by atomic mass is 9.92. The van der Waals surface area contributed by atoms with Gasteiger partial charge in [-0.15, -0.1) is 0 Å². The van der Waals surface area contributed by atoms with Gasteiger partial charge < -0.3 is 0 Å². The minimum Gasteiger partial charge on any atom is -0.299 e. The third-order valence-corrected chi connectivity index (χ3v) is 4.49. The zero-order valence-electron chi connectivity index (χ0n) is 9.05. The number of aryl methyl sites for hydroxylation is 1. The Morgan fingerprint density at radius 3 is 2.53 bits per heavy atom. The van der Waals surface area contributed by atoms with Gasteiger partial charge in [0.15, 0.2) is 0 Å². The minimum absolute atomic E-state index is 0.106. The SMILES string of the molecule is CC(=O)C(Br)C(C)c1cc(Br)ccc1C. The van der Waals surface area contributed by atoms with Crippen LogP contribution in [0.4, 0.5) is 0 Å². The number of ketones is 1. The van der Waals surface area contributed by atoms with Gasteiger partial charge in [-0.25, -0.2) is 0 Å². The van der Waals surface area contributed by atoms with E-state index in [0.717, 1.165) is 4.47 Å². The number of alkyl halides is 1. The van der Waals surface area contributed by atoms with E-state index >= 15 is 0 Å². The Labute approximate surface area is 108 Å². The normalized spacial score (nSPS) is 14.7. The van der Waals surface area contributed by atoms with Crippen molar-refractivity contribution >= 4 is 37.6 Å². The Morgan fingerprint density at radius 1 is 1.40 bits per heavy atom. The monoisotopic (exact) mass is 332 g/mol. The van der Waals surface area contributed by atoms with E-state index < -0.39 is 0 Å². The smallest absolute Gasteiger partial charge is 0.144 e. The Kier molecular flexibility index (Phi) is 4.53. The average molecular weight is 334 g/mol. The summed E-state index contributed by atoms with van der Waals surface area (Å²) in [6.45, 7) is 5.75. The number of halogens is 2. The molecule has 0 aromatic heterocycles. The van der Waals surface area contributed by atoms with Crippen LogP contribution in [0.5, 0.6) is 0 Å². The predicted octanol–water partition coefficient (Wildman–Crippen LogP) is 4.21. The second-order valence-electron chi connectivity index (χ2n) is 3.80. The van der Waals surface area contributed by atoms with Gasteiger partial charge in [-0.05, 0) is 37.1 Å². The number of hydrogen-bond acceptors (Lipinski definition) is 1. The highest BCUT2D eigenvalue weighted by molar-refractivity contribution is 9.10. The van der Waals surface area contributed by atoms with Gasteiger partial charge in [-0.1, -0.05) is 44.8 Å². The first kappa shape index (κ1) is 12.9. The molecule has 1 aromatic rings. The van der Waals surface area contributed by atoms with E-state index in [-0.39, 0.29) is 16.5 Å². The van der Waals surface area contributed by atoms with Gasteiger partial charge in [0.25, 0.3) is 0 Å². The van der Waals surface area contributed by atoms with Crippen LogP contribution in [-0.4, -0.2) is 10.6 Å². The van der Waals surface area contributed by atoms with Crippen LogP contribution in [0, 0.1) is 6.92 Å². The summed E-state index contributed by atoms with van der Waals surface area (Å²) < 4.78 is 1.05. The highest BCUT2D eigenvalue weighted by Gasteiger charge is 2.21. The van der Waals surface area contributed by atoms with Crippen molar-refractivity contribution in [3.63, 3.8) is 0 Å². The maximum absolute atomic E-state index is 11.3. The first-order valence-corrected chi connectivity index (χ1v) is 6.55. The van der Waals surface area contributed by atoms with Crippen molar-refractivity contribution < 1.29 is 4.79 Å².